The van der Waals surface area contributed by atoms with E-state index in [4.69, 9.17) is 11.0 Å². The van der Waals surface area contributed by atoms with Gasteiger partial charge >= 0.3 is 0 Å². The highest BCUT2D eigenvalue weighted by molar-refractivity contribution is 5.86. The summed E-state index contributed by atoms with van der Waals surface area (Å²) >= 11 is 0. The molecular weight excluding hydrogens is 596 g/mol. The molecular formula is C38H30N10. The zero-order valence-electron chi connectivity index (χ0n) is 26.4. The molecule has 6 aromatic heterocycles. The van der Waals surface area contributed by atoms with Gasteiger partial charge in [-0.2, -0.15) is 15.5 Å². The molecule has 10 nitrogen and oxygen atoms in total. The van der Waals surface area contributed by atoms with E-state index >= 15 is 0 Å². The van der Waals surface area contributed by atoms with Crippen LogP contribution in [-0.2, 0) is 6.54 Å². The fraction of sp³-hybridized carbons (Fsp3) is 0.0789. The summed E-state index contributed by atoms with van der Waals surface area (Å²) in [4.78, 5) is 18.1. The highest BCUT2D eigenvalue weighted by Gasteiger charge is 2.11. The smallest absolute Gasteiger partial charge is 0.154 e. The van der Waals surface area contributed by atoms with Gasteiger partial charge in [-0.25, -0.2) is 24.3 Å². The average Bonchev–Trinajstić information content (AvgIpc) is 3.76. The number of hydrogen-bond acceptors (Lipinski definition) is 8. The van der Waals surface area contributed by atoms with Crippen LogP contribution in [0.5, 0.6) is 0 Å². The predicted octanol–water partition coefficient (Wildman–Crippen LogP) is 6.91. The monoisotopic (exact) mass is 626 g/mol. The van der Waals surface area contributed by atoms with Crippen LogP contribution in [0.2, 0.25) is 0 Å². The lowest BCUT2D eigenvalue weighted by atomic mass is 10.1. The Labute approximate surface area is 276 Å². The third kappa shape index (κ3) is 6.13. The van der Waals surface area contributed by atoms with Gasteiger partial charge in [-0.1, -0.05) is 48.5 Å². The average molecular weight is 627 g/mol. The van der Waals surface area contributed by atoms with Crippen molar-refractivity contribution in [1.82, 2.24) is 39.5 Å². The predicted molar refractivity (Wildman–Crippen MR) is 186 cm³/mol. The van der Waals surface area contributed by atoms with Crippen molar-refractivity contribution in [3.63, 3.8) is 0 Å². The molecule has 0 saturated carbocycles. The fourth-order valence-corrected chi connectivity index (χ4v) is 5.43. The minimum absolute atomic E-state index is 0.404. The zero-order valence-corrected chi connectivity index (χ0v) is 26.4. The third-order valence-corrected chi connectivity index (χ3v) is 7.79. The van der Waals surface area contributed by atoms with Gasteiger partial charge in [0.15, 0.2) is 11.6 Å². The number of nitriles is 1. The lowest BCUT2D eigenvalue weighted by Gasteiger charge is -2.06. The molecule has 0 atom stereocenters. The Hall–Kier alpha value is -6.57. The molecule has 6 heterocycles. The molecule has 48 heavy (non-hydrogen) atoms. The lowest BCUT2D eigenvalue weighted by molar-refractivity contribution is 0.867. The summed E-state index contributed by atoms with van der Waals surface area (Å²) in [6.45, 7) is 4.36. The van der Waals surface area contributed by atoms with E-state index < -0.39 is 0 Å². The van der Waals surface area contributed by atoms with Crippen molar-refractivity contribution in [2.75, 3.05) is 0 Å². The van der Waals surface area contributed by atoms with E-state index in [9.17, 15) is 0 Å². The maximum atomic E-state index is 9.03. The van der Waals surface area contributed by atoms with Gasteiger partial charge in [0, 0.05) is 39.8 Å². The molecule has 0 unspecified atom stereocenters. The molecule has 8 aromatic rings. The van der Waals surface area contributed by atoms with Crippen molar-refractivity contribution in [3.8, 4) is 40.2 Å². The van der Waals surface area contributed by atoms with Gasteiger partial charge in [-0.15, -0.1) is 0 Å². The second-order valence-electron chi connectivity index (χ2n) is 11.2. The van der Waals surface area contributed by atoms with E-state index in [0.29, 0.717) is 12.2 Å². The topological polar surface area (TPSA) is 137 Å². The number of pyridine rings is 4. The van der Waals surface area contributed by atoms with Crippen molar-refractivity contribution in [2.24, 2.45) is 5.73 Å². The lowest BCUT2D eigenvalue weighted by Crippen LogP contribution is -2.01. The highest BCUT2D eigenvalue weighted by atomic mass is 15.3. The second-order valence-corrected chi connectivity index (χ2v) is 11.2. The summed E-state index contributed by atoms with van der Waals surface area (Å²) in [7, 11) is 0. The number of nitrogens with zero attached hydrogens (tertiary/aromatic N) is 9. The Kier molecular flexibility index (Phi) is 8.18. The van der Waals surface area contributed by atoms with E-state index in [-0.39, 0.29) is 0 Å². The summed E-state index contributed by atoms with van der Waals surface area (Å²) in [5.74, 6) is 1.59. The summed E-state index contributed by atoms with van der Waals surface area (Å²) in [5, 5.41) is 20.1. The van der Waals surface area contributed by atoms with Crippen LogP contribution in [0.4, 0.5) is 0 Å². The van der Waals surface area contributed by atoms with Gasteiger partial charge in [-0.3, -0.25) is 4.98 Å². The standard InChI is InChI=1S/C19H17N5.C19H13N5/c2*1-13-4-2-7-19(22-13)24-18-10-14(8-9-15(18)12-21-24)17-6-3-5-16(11-20)23-17/h2-10,12H,11,20H2,1H3;2-10,12H,1H3. The first kappa shape index (κ1) is 30.1. The summed E-state index contributed by atoms with van der Waals surface area (Å²) in [5.41, 5.74) is 14.5. The number of aryl methyl sites for hydroxylation is 2. The fourth-order valence-electron chi connectivity index (χ4n) is 5.43. The number of fused-ring (bicyclic) bond motifs is 2. The van der Waals surface area contributed by atoms with Crippen LogP contribution < -0.4 is 5.73 Å². The number of hydrogen-bond donors (Lipinski definition) is 1. The van der Waals surface area contributed by atoms with Crippen molar-refractivity contribution in [1.29, 1.82) is 5.26 Å². The number of nitrogens with two attached hydrogens (primary N) is 1. The molecule has 0 aliphatic rings. The first-order chi connectivity index (χ1) is 23.5. The SMILES string of the molecule is Cc1cccc(-n2ncc3ccc(-c4cccc(C#N)n4)cc32)n1.Cc1cccc(-n2ncc3ccc(-c4cccc(CN)n4)cc32)n1. The molecule has 0 fully saturated rings. The van der Waals surface area contributed by atoms with Crippen LogP contribution in [0.15, 0.2) is 122 Å². The molecule has 0 radical (unpaired) electrons. The molecule has 0 amide bonds. The van der Waals surface area contributed by atoms with Crippen molar-refractivity contribution in [2.45, 2.75) is 20.4 Å². The minimum Gasteiger partial charge on any atom is -0.325 e. The Balaban J connectivity index is 0.000000152. The molecule has 2 aromatic carbocycles. The van der Waals surface area contributed by atoms with Crippen molar-refractivity contribution >= 4 is 21.8 Å². The quantitative estimate of drug-likeness (QED) is 0.218. The highest BCUT2D eigenvalue weighted by Crippen LogP contribution is 2.26. The van der Waals surface area contributed by atoms with Crippen LogP contribution in [0.3, 0.4) is 0 Å². The van der Waals surface area contributed by atoms with Crippen LogP contribution in [0, 0.1) is 25.2 Å². The van der Waals surface area contributed by atoms with E-state index in [1.165, 1.54) is 0 Å². The van der Waals surface area contributed by atoms with E-state index in [1.807, 2.05) is 121 Å². The minimum atomic E-state index is 0.404. The molecule has 0 bridgehead atoms. The molecule has 8 rings (SSSR count). The van der Waals surface area contributed by atoms with Crippen LogP contribution in [0.1, 0.15) is 22.8 Å². The molecule has 0 aliphatic carbocycles. The second kappa shape index (κ2) is 13.0. The van der Waals surface area contributed by atoms with Gasteiger partial charge in [0.05, 0.1) is 40.5 Å². The van der Waals surface area contributed by atoms with E-state index in [2.05, 4.69) is 54.4 Å². The summed E-state index contributed by atoms with van der Waals surface area (Å²) in [6, 6.07) is 37.4. The molecule has 2 N–H and O–H groups in total. The van der Waals surface area contributed by atoms with Gasteiger partial charge < -0.3 is 5.73 Å². The third-order valence-electron chi connectivity index (χ3n) is 7.79. The van der Waals surface area contributed by atoms with Crippen LogP contribution >= 0.6 is 0 Å². The van der Waals surface area contributed by atoms with Crippen LogP contribution in [0.25, 0.3) is 56.0 Å². The van der Waals surface area contributed by atoms with E-state index in [1.54, 1.807) is 6.07 Å². The first-order valence-electron chi connectivity index (χ1n) is 15.4. The van der Waals surface area contributed by atoms with Gasteiger partial charge in [0.1, 0.15) is 11.8 Å². The summed E-state index contributed by atoms with van der Waals surface area (Å²) < 4.78 is 3.68. The molecule has 0 spiro atoms. The van der Waals surface area contributed by atoms with Gasteiger partial charge in [-0.05, 0) is 74.5 Å². The Morgan fingerprint density at radius 2 is 1.12 bits per heavy atom. The number of rotatable bonds is 5. The Morgan fingerprint density at radius 1 is 0.604 bits per heavy atom. The van der Waals surface area contributed by atoms with Gasteiger partial charge in [0.2, 0.25) is 0 Å². The summed E-state index contributed by atoms with van der Waals surface area (Å²) in [6.07, 6.45) is 3.68. The normalized spacial score (nSPS) is 10.9. The van der Waals surface area contributed by atoms with E-state index in [0.717, 1.165) is 73.0 Å². The molecule has 0 aliphatic heterocycles. The largest absolute Gasteiger partial charge is 0.325 e. The first-order valence-corrected chi connectivity index (χ1v) is 15.4. The van der Waals surface area contributed by atoms with Gasteiger partial charge in [0.25, 0.3) is 0 Å². The Morgan fingerprint density at radius 3 is 1.65 bits per heavy atom. The zero-order chi connectivity index (χ0) is 33.0. The Bertz CT molecular complexity index is 2450. The molecule has 232 valence electrons. The van der Waals surface area contributed by atoms with Crippen LogP contribution in [-0.4, -0.2) is 39.5 Å². The molecule has 0 saturated heterocycles. The maximum absolute atomic E-state index is 9.03. The molecule has 10 heteroatoms. The van der Waals surface area contributed by atoms with Crippen molar-refractivity contribution in [3.05, 3.63) is 144 Å². The number of aromatic nitrogens is 8. The number of benzene rings is 2. The maximum Gasteiger partial charge on any atom is 0.154 e. The van der Waals surface area contributed by atoms with Crippen molar-refractivity contribution < 1.29 is 0 Å².